The van der Waals surface area contributed by atoms with Crippen LogP contribution >= 0.6 is 0 Å². The quantitative estimate of drug-likeness (QED) is 0.0201. The van der Waals surface area contributed by atoms with Crippen molar-refractivity contribution in [3.05, 3.63) is 97.2 Å². The Bertz CT molecular complexity index is 1220. The van der Waals surface area contributed by atoms with Crippen molar-refractivity contribution in [1.82, 2.24) is 0 Å². The van der Waals surface area contributed by atoms with Crippen LogP contribution in [0.15, 0.2) is 97.2 Å². The summed E-state index contributed by atoms with van der Waals surface area (Å²) in [5.74, 6) is -0.962. The first kappa shape index (κ1) is 55.3. The molecule has 0 N–H and O–H groups in total. The number of rotatable bonds is 41. The number of carbonyl (C=O) groups is 3. The van der Waals surface area contributed by atoms with E-state index in [-0.39, 0.29) is 31.1 Å². The molecule has 6 heteroatoms. The molecule has 0 fully saturated rings. The highest BCUT2D eigenvalue weighted by Crippen LogP contribution is 2.13. The van der Waals surface area contributed by atoms with Gasteiger partial charge < -0.3 is 14.2 Å². The van der Waals surface area contributed by atoms with Crippen LogP contribution in [0.4, 0.5) is 0 Å². The second-order valence-corrected chi connectivity index (χ2v) is 15.4. The first-order valence-electron chi connectivity index (χ1n) is 23.8. The Kier molecular flexibility index (Phi) is 44.1. The zero-order valence-electron chi connectivity index (χ0n) is 38.0. The molecule has 6 nitrogen and oxygen atoms in total. The first-order valence-corrected chi connectivity index (χ1v) is 23.8. The number of ether oxygens (including phenoxy) is 3. The van der Waals surface area contributed by atoms with Crippen LogP contribution in [0.25, 0.3) is 0 Å². The number of carbonyl (C=O) groups excluding carboxylic acids is 3. The maximum absolute atomic E-state index is 12.7. The highest BCUT2D eigenvalue weighted by Gasteiger charge is 2.19. The van der Waals surface area contributed by atoms with E-state index in [0.717, 1.165) is 116 Å². The molecule has 0 aromatic carbocycles. The van der Waals surface area contributed by atoms with Gasteiger partial charge in [0.25, 0.3) is 0 Å². The molecule has 0 radical (unpaired) electrons. The molecule has 59 heavy (non-hydrogen) atoms. The van der Waals surface area contributed by atoms with Crippen molar-refractivity contribution in [2.24, 2.45) is 0 Å². The van der Waals surface area contributed by atoms with Gasteiger partial charge in [0, 0.05) is 19.3 Å². The van der Waals surface area contributed by atoms with Gasteiger partial charge in [-0.05, 0) is 77.0 Å². The second-order valence-electron chi connectivity index (χ2n) is 15.4. The zero-order valence-corrected chi connectivity index (χ0v) is 38.0. The summed E-state index contributed by atoms with van der Waals surface area (Å²) in [6.07, 6.45) is 61.0. The molecule has 1 atom stereocenters. The van der Waals surface area contributed by atoms with Crippen molar-refractivity contribution in [2.75, 3.05) is 13.2 Å². The SMILES string of the molecule is CC\C=C/C=C\C=C/C=C\CCCCCCCC(=O)OC(COC(=O)CCCCC/C=C\C/C=C\C/C=C\C/C=C\CC)COC(=O)CCCCCCCCCCCC. The molecule has 0 aromatic heterocycles. The van der Waals surface area contributed by atoms with Crippen molar-refractivity contribution in [3.63, 3.8) is 0 Å². The van der Waals surface area contributed by atoms with Gasteiger partial charge in [-0.3, -0.25) is 14.4 Å². The van der Waals surface area contributed by atoms with E-state index in [0.29, 0.717) is 19.3 Å². The molecule has 0 aliphatic carbocycles. The molecule has 0 heterocycles. The molecule has 0 amide bonds. The highest BCUT2D eigenvalue weighted by molar-refractivity contribution is 5.71. The summed E-state index contributed by atoms with van der Waals surface area (Å²) < 4.78 is 16.7. The summed E-state index contributed by atoms with van der Waals surface area (Å²) in [7, 11) is 0. The highest BCUT2D eigenvalue weighted by atomic mass is 16.6. The number of esters is 3. The topological polar surface area (TPSA) is 78.9 Å². The van der Waals surface area contributed by atoms with Gasteiger partial charge in [-0.15, -0.1) is 0 Å². The standard InChI is InChI=1S/C53H86O6/c1-4-7-10-13-16-19-22-24-26-28-29-31-34-37-40-43-46-52(55)58-49-50(48-57-51(54)45-42-39-36-33-21-18-15-12-9-6-3)59-53(56)47-44-41-38-35-32-30-27-25-23-20-17-14-11-8-5-2/h7-8,10-11,14,16-17,19-20,23-27,29,31,50H,4-6,9,12-13,15,18,21-22,28,30,32-49H2,1-3H3/b10-7-,11-8-,17-14-,19-16-,23-20-,26-24-,27-25-,31-29-. The largest absolute Gasteiger partial charge is 0.462 e. The van der Waals surface area contributed by atoms with Gasteiger partial charge >= 0.3 is 17.9 Å². The Morgan fingerprint density at radius 3 is 1.25 bits per heavy atom. The lowest BCUT2D eigenvalue weighted by atomic mass is 10.1. The number of allylic oxidation sites excluding steroid dienone is 16. The minimum atomic E-state index is -0.801. The van der Waals surface area contributed by atoms with Crippen LogP contribution in [0.2, 0.25) is 0 Å². The fraction of sp³-hybridized carbons (Fsp3) is 0.642. The lowest BCUT2D eigenvalue weighted by Gasteiger charge is -2.18. The van der Waals surface area contributed by atoms with E-state index in [9.17, 15) is 14.4 Å². The van der Waals surface area contributed by atoms with Gasteiger partial charge in [-0.1, -0.05) is 201 Å². The average molecular weight is 819 g/mol. The van der Waals surface area contributed by atoms with Gasteiger partial charge in [-0.25, -0.2) is 0 Å². The molecule has 0 bridgehead atoms. The van der Waals surface area contributed by atoms with E-state index in [1.165, 1.54) is 44.9 Å². The predicted molar refractivity (Wildman–Crippen MR) is 251 cm³/mol. The monoisotopic (exact) mass is 819 g/mol. The van der Waals surface area contributed by atoms with E-state index in [1.807, 2.05) is 24.3 Å². The molecule has 0 saturated heterocycles. The van der Waals surface area contributed by atoms with Crippen LogP contribution in [-0.4, -0.2) is 37.2 Å². The number of hydrogen-bond donors (Lipinski definition) is 0. The Labute approximate surface area is 362 Å². The van der Waals surface area contributed by atoms with Crippen molar-refractivity contribution < 1.29 is 28.6 Å². The van der Waals surface area contributed by atoms with E-state index in [4.69, 9.17) is 14.2 Å². The van der Waals surface area contributed by atoms with Crippen molar-refractivity contribution >= 4 is 17.9 Å². The van der Waals surface area contributed by atoms with E-state index >= 15 is 0 Å². The smallest absolute Gasteiger partial charge is 0.306 e. The van der Waals surface area contributed by atoms with Crippen molar-refractivity contribution in [1.29, 1.82) is 0 Å². The van der Waals surface area contributed by atoms with Crippen LogP contribution in [0.3, 0.4) is 0 Å². The minimum Gasteiger partial charge on any atom is -0.462 e. The first-order chi connectivity index (χ1) is 29.0. The molecule has 0 saturated carbocycles. The Morgan fingerprint density at radius 2 is 0.746 bits per heavy atom. The fourth-order valence-electron chi connectivity index (χ4n) is 6.15. The van der Waals surface area contributed by atoms with Crippen LogP contribution in [-0.2, 0) is 28.6 Å². The van der Waals surface area contributed by atoms with Crippen LogP contribution in [0.1, 0.15) is 201 Å². The van der Waals surface area contributed by atoms with Crippen molar-refractivity contribution in [3.8, 4) is 0 Å². The molecule has 0 rings (SSSR count). The van der Waals surface area contributed by atoms with E-state index in [1.54, 1.807) is 0 Å². The average Bonchev–Trinajstić information content (AvgIpc) is 3.23. The number of hydrogen-bond acceptors (Lipinski definition) is 6. The van der Waals surface area contributed by atoms with Crippen molar-refractivity contribution in [2.45, 2.75) is 207 Å². The molecule has 0 aliphatic rings. The molecule has 0 aromatic rings. The van der Waals surface area contributed by atoms with Crippen LogP contribution in [0.5, 0.6) is 0 Å². The number of unbranched alkanes of at least 4 members (excludes halogenated alkanes) is 17. The lowest BCUT2D eigenvalue weighted by molar-refractivity contribution is -0.167. The minimum absolute atomic E-state index is 0.0978. The third-order valence-electron chi connectivity index (χ3n) is 9.68. The summed E-state index contributed by atoms with van der Waals surface area (Å²) in [5, 5.41) is 0. The maximum atomic E-state index is 12.7. The van der Waals surface area contributed by atoms with Crippen LogP contribution in [0, 0.1) is 0 Å². The van der Waals surface area contributed by atoms with E-state index in [2.05, 4.69) is 93.7 Å². The van der Waals surface area contributed by atoms with Gasteiger partial charge in [0.2, 0.25) is 0 Å². The summed E-state index contributed by atoms with van der Waals surface area (Å²) in [6.45, 7) is 6.30. The fourth-order valence-corrected chi connectivity index (χ4v) is 6.15. The Hall–Kier alpha value is -3.67. The third kappa shape index (κ3) is 45.3. The lowest BCUT2D eigenvalue weighted by Crippen LogP contribution is -2.30. The molecule has 1 unspecified atom stereocenters. The predicted octanol–water partition coefficient (Wildman–Crippen LogP) is 15.4. The molecule has 0 spiro atoms. The Balaban J connectivity index is 4.49. The maximum Gasteiger partial charge on any atom is 0.306 e. The van der Waals surface area contributed by atoms with Gasteiger partial charge in [0.1, 0.15) is 13.2 Å². The summed E-state index contributed by atoms with van der Waals surface area (Å²) >= 11 is 0. The van der Waals surface area contributed by atoms with Gasteiger partial charge in [-0.2, -0.15) is 0 Å². The normalized spacial score (nSPS) is 12.9. The summed E-state index contributed by atoms with van der Waals surface area (Å²) in [5.41, 5.74) is 0. The molecule has 0 aliphatic heterocycles. The third-order valence-corrected chi connectivity index (χ3v) is 9.68. The zero-order chi connectivity index (χ0) is 43.0. The molecule has 334 valence electrons. The summed E-state index contributed by atoms with van der Waals surface area (Å²) in [4.78, 5) is 37.8. The molecular weight excluding hydrogens is 733 g/mol. The second kappa shape index (κ2) is 47.0. The van der Waals surface area contributed by atoms with Gasteiger partial charge in [0.05, 0.1) is 0 Å². The summed E-state index contributed by atoms with van der Waals surface area (Å²) in [6, 6.07) is 0. The van der Waals surface area contributed by atoms with Gasteiger partial charge in [0.15, 0.2) is 6.10 Å². The Morgan fingerprint density at radius 1 is 0.373 bits per heavy atom. The molecular formula is C53H86O6. The van der Waals surface area contributed by atoms with E-state index < -0.39 is 6.10 Å². The van der Waals surface area contributed by atoms with Crippen LogP contribution < -0.4 is 0 Å².